The summed E-state index contributed by atoms with van der Waals surface area (Å²) in [6.07, 6.45) is 6.45. The number of aromatic nitrogens is 2. The zero-order valence-corrected chi connectivity index (χ0v) is 19.3. The Bertz CT molecular complexity index is 1040. The second-order valence-electron chi connectivity index (χ2n) is 9.32. The summed E-state index contributed by atoms with van der Waals surface area (Å²) in [6.45, 7) is 9.33. The van der Waals surface area contributed by atoms with E-state index in [9.17, 15) is 4.39 Å². The summed E-state index contributed by atoms with van der Waals surface area (Å²) in [5.41, 5.74) is 4.58. The Labute approximate surface area is 195 Å². The smallest absolute Gasteiger partial charge is 0.159 e. The van der Waals surface area contributed by atoms with Crippen molar-refractivity contribution in [2.75, 3.05) is 44.2 Å². The Hall–Kier alpha value is -2.83. The first-order valence-corrected chi connectivity index (χ1v) is 12.0. The van der Waals surface area contributed by atoms with Crippen molar-refractivity contribution < 1.29 is 4.39 Å². The van der Waals surface area contributed by atoms with Gasteiger partial charge >= 0.3 is 0 Å². The number of rotatable bonds is 5. The third-order valence-electron chi connectivity index (χ3n) is 6.89. The molecule has 3 aromatic rings. The van der Waals surface area contributed by atoms with Crippen molar-refractivity contribution in [3.05, 3.63) is 77.9 Å². The van der Waals surface area contributed by atoms with Crippen LogP contribution in [0.1, 0.15) is 24.0 Å². The summed E-state index contributed by atoms with van der Waals surface area (Å²) in [4.78, 5) is 16.8. The number of hydrogen-bond acceptors (Lipinski definition) is 5. The molecule has 0 radical (unpaired) electrons. The molecule has 2 saturated heterocycles. The van der Waals surface area contributed by atoms with Crippen LogP contribution < -0.4 is 4.90 Å². The van der Waals surface area contributed by atoms with Gasteiger partial charge in [-0.1, -0.05) is 23.8 Å². The van der Waals surface area contributed by atoms with E-state index < -0.39 is 0 Å². The lowest BCUT2D eigenvalue weighted by Crippen LogP contribution is -2.55. The van der Waals surface area contributed by atoms with Crippen LogP contribution in [0.4, 0.5) is 10.1 Å². The van der Waals surface area contributed by atoms with Crippen LogP contribution in [-0.2, 0) is 6.54 Å². The van der Waals surface area contributed by atoms with E-state index in [2.05, 4.69) is 55.9 Å². The number of likely N-dealkylation sites (tertiary alicyclic amines) is 1. The Kier molecular flexibility index (Phi) is 6.65. The van der Waals surface area contributed by atoms with Gasteiger partial charge in [0.2, 0.25) is 0 Å². The Morgan fingerprint density at radius 2 is 1.70 bits per heavy atom. The largest absolute Gasteiger partial charge is 0.369 e. The molecule has 5 nitrogen and oxygen atoms in total. The van der Waals surface area contributed by atoms with Gasteiger partial charge in [0.25, 0.3) is 0 Å². The quantitative estimate of drug-likeness (QED) is 0.583. The van der Waals surface area contributed by atoms with E-state index in [0.717, 1.165) is 62.9 Å². The molecule has 0 amide bonds. The van der Waals surface area contributed by atoms with Crippen molar-refractivity contribution in [3.8, 4) is 11.4 Å². The lowest BCUT2D eigenvalue weighted by atomic mass is 10.0. The van der Waals surface area contributed by atoms with Crippen LogP contribution in [-0.4, -0.2) is 65.1 Å². The first kappa shape index (κ1) is 22.0. The average molecular weight is 446 g/mol. The molecule has 2 fully saturated rings. The molecule has 1 unspecified atom stereocenters. The summed E-state index contributed by atoms with van der Waals surface area (Å²) < 4.78 is 13.2. The summed E-state index contributed by atoms with van der Waals surface area (Å²) in [5, 5.41) is 0. The van der Waals surface area contributed by atoms with Crippen LogP contribution in [0.2, 0.25) is 0 Å². The number of piperazine rings is 1. The molecule has 5 rings (SSSR count). The number of benzene rings is 2. The molecule has 2 aliphatic rings. The van der Waals surface area contributed by atoms with E-state index in [1.54, 1.807) is 12.1 Å². The van der Waals surface area contributed by atoms with Gasteiger partial charge < -0.3 is 4.90 Å². The number of anilines is 1. The minimum Gasteiger partial charge on any atom is -0.369 e. The third-order valence-corrected chi connectivity index (χ3v) is 6.89. The highest BCUT2D eigenvalue weighted by Crippen LogP contribution is 2.22. The zero-order chi connectivity index (χ0) is 22.6. The fraction of sp³-hybridized carbons (Fsp3) is 0.407. The summed E-state index contributed by atoms with van der Waals surface area (Å²) in [5.74, 6) is 0.618. The van der Waals surface area contributed by atoms with E-state index in [-0.39, 0.29) is 5.82 Å². The minimum absolute atomic E-state index is 0.171. The number of halogens is 1. The highest BCUT2D eigenvalue weighted by molar-refractivity contribution is 5.55. The Morgan fingerprint density at radius 3 is 2.42 bits per heavy atom. The third kappa shape index (κ3) is 5.40. The van der Waals surface area contributed by atoms with Crippen molar-refractivity contribution in [2.45, 2.75) is 32.4 Å². The maximum absolute atomic E-state index is 13.2. The van der Waals surface area contributed by atoms with E-state index in [0.29, 0.717) is 6.04 Å². The summed E-state index contributed by atoms with van der Waals surface area (Å²) in [6, 6.07) is 15.8. The van der Waals surface area contributed by atoms with Gasteiger partial charge in [0.1, 0.15) is 5.82 Å². The normalized spacial score (nSPS) is 20.2. The van der Waals surface area contributed by atoms with Gasteiger partial charge in [0, 0.05) is 74.5 Å². The molecule has 6 heteroatoms. The molecular formula is C27H32FN5. The van der Waals surface area contributed by atoms with Gasteiger partial charge in [-0.3, -0.25) is 9.80 Å². The van der Waals surface area contributed by atoms with Crippen LogP contribution >= 0.6 is 0 Å². The first-order valence-electron chi connectivity index (χ1n) is 12.0. The van der Waals surface area contributed by atoms with Gasteiger partial charge in [-0.15, -0.1) is 0 Å². The van der Waals surface area contributed by atoms with Crippen LogP contribution in [0.15, 0.2) is 60.9 Å². The maximum Gasteiger partial charge on any atom is 0.159 e. The molecule has 2 aliphatic heterocycles. The monoisotopic (exact) mass is 445 g/mol. The van der Waals surface area contributed by atoms with Crippen molar-refractivity contribution >= 4 is 5.69 Å². The van der Waals surface area contributed by atoms with Crippen LogP contribution in [0, 0.1) is 12.7 Å². The fourth-order valence-corrected chi connectivity index (χ4v) is 5.10. The second kappa shape index (κ2) is 9.98. The molecule has 0 aliphatic carbocycles. The molecule has 0 N–H and O–H groups in total. The van der Waals surface area contributed by atoms with E-state index in [1.165, 1.54) is 24.0 Å². The van der Waals surface area contributed by atoms with Gasteiger partial charge in [-0.25, -0.2) is 14.4 Å². The van der Waals surface area contributed by atoms with Gasteiger partial charge in [0.05, 0.1) is 0 Å². The lowest BCUT2D eigenvalue weighted by molar-refractivity contribution is 0.0886. The number of aryl methyl sites for hydroxylation is 1. The minimum atomic E-state index is -0.171. The zero-order valence-electron chi connectivity index (χ0n) is 19.3. The van der Waals surface area contributed by atoms with E-state index in [1.807, 2.05) is 24.5 Å². The van der Waals surface area contributed by atoms with Gasteiger partial charge in [-0.05, 0) is 56.6 Å². The number of nitrogens with zero attached hydrogens (tertiary/aromatic N) is 5. The highest BCUT2D eigenvalue weighted by Gasteiger charge is 2.28. The summed E-state index contributed by atoms with van der Waals surface area (Å²) in [7, 11) is 0. The van der Waals surface area contributed by atoms with E-state index >= 15 is 0 Å². The van der Waals surface area contributed by atoms with Crippen LogP contribution in [0.5, 0.6) is 0 Å². The molecule has 33 heavy (non-hydrogen) atoms. The van der Waals surface area contributed by atoms with Crippen molar-refractivity contribution in [1.29, 1.82) is 0 Å². The molecule has 1 aromatic heterocycles. The number of piperidine rings is 1. The molecular weight excluding hydrogens is 413 g/mol. The lowest BCUT2D eigenvalue weighted by Gasteiger charge is -2.44. The van der Waals surface area contributed by atoms with Crippen LogP contribution in [0.3, 0.4) is 0 Å². The topological polar surface area (TPSA) is 35.5 Å². The molecule has 172 valence electrons. The second-order valence-corrected chi connectivity index (χ2v) is 9.32. The average Bonchev–Trinajstić information content (AvgIpc) is 2.85. The van der Waals surface area contributed by atoms with Gasteiger partial charge in [-0.2, -0.15) is 0 Å². The van der Waals surface area contributed by atoms with Crippen molar-refractivity contribution in [3.63, 3.8) is 0 Å². The standard InChI is InChI=1S/C27H32FN5/c1-21-4-2-5-23(16-21)27-29-17-22(18-30-27)19-31-11-3-6-26(20-31)33-14-12-32(13-15-33)25-9-7-24(28)8-10-25/h2,4-5,7-10,16-18,26H,3,6,11-15,19-20H2,1H3. The van der Waals surface area contributed by atoms with Gasteiger partial charge in [0.15, 0.2) is 5.82 Å². The Morgan fingerprint density at radius 1 is 0.939 bits per heavy atom. The first-order chi connectivity index (χ1) is 16.1. The predicted molar refractivity (Wildman–Crippen MR) is 131 cm³/mol. The molecule has 1 atom stereocenters. The fourth-order valence-electron chi connectivity index (χ4n) is 5.10. The highest BCUT2D eigenvalue weighted by atomic mass is 19.1. The Balaban J connectivity index is 1.15. The molecule has 0 bridgehead atoms. The predicted octanol–water partition coefficient (Wildman–Crippen LogP) is 4.38. The van der Waals surface area contributed by atoms with Crippen molar-refractivity contribution in [1.82, 2.24) is 19.8 Å². The van der Waals surface area contributed by atoms with Crippen molar-refractivity contribution in [2.24, 2.45) is 0 Å². The molecule has 0 spiro atoms. The van der Waals surface area contributed by atoms with E-state index in [4.69, 9.17) is 0 Å². The molecule has 2 aromatic carbocycles. The molecule has 0 saturated carbocycles. The SMILES string of the molecule is Cc1cccc(-c2ncc(CN3CCCC(N4CCN(c5ccc(F)cc5)CC4)C3)cn2)c1. The summed E-state index contributed by atoms with van der Waals surface area (Å²) >= 11 is 0. The number of hydrogen-bond donors (Lipinski definition) is 0. The van der Waals surface area contributed by atoms with Crippen LogP contribution in [0.25, 0.3) is 11.4 Å². The molecule has 3 heterocycles. The maximum atomic E-state index is 13.2.